The van der Waals surface area contributed by atoms with Crippen LogP contribution in [-0.4, -0.2) is 58.1 Å². The number of aromatic amines is 1. The SMILES string of the molecule is O=C(O)C(c1c[nH]c2ccc(Cl)cc12)N1CCN(C2C3CC4CC(C3)CC2C4)CC1. The van der Waals surface area contributed by atoms with Gasteiger partial charge in [-0.3, -0.25) is 14.6 Å². The molecular formula is C24H30ClN3O2. The lowest BCUT2D eigenvalue weighted by Gasteiger charge is -2.58. The lowest BCUT2D eigenvalue weighted by Crippen LogP contribution is -2.60. The number of carbonyl (C=O) groups is 1. The average Bonchev–Trinajstić information content (AvgIpc) is 3.11. The Hall–Kier alpha value is -1.56. The minimum Gasteiger partial charge on any atom is -0.480 e. The number of H-pyrrole nitrogens is 1. The van der Waals surface area contributed by atoms with Crippen molar-refractivity contribution in [1.82, 2.24) is 14.8 Å². The third kappa shape index (κ3) is 3.09. The number of nitrogens with one attached hydrogen (secondary N) is 1. The number of benzene rings is 1. The Bertz CT molecular complexity index is 937. The van der Waals surface area contributed by atoms with Crippen LogP contribution >= 0.6 is 11.6 Å². The molecule has 0 radical (unpaired) electrons. The van der Waals surface area contributed by atoms with Gasteiger partial charge in [0.15, 0.2) is 0 Å². The van der Waals surface area contributed by atoms with E-state index in [1.165, 1.54) is 32.1 Å². The quantitative estimate of drug-likeness (QED) is 0.759. The van der Waals surface area contributed by atoms with E-state index in [0.29, 0.717) is 5.02 Å². The average molecular weight is 428 g/mol. The molecule has 2 heterocycles. The summed E-state index contributed by atoms with van der Waals surface area (Å²) in [7, 11) is 0. The lowest BCUT2D eigenvalue weighted by atomic mass is 9.54. The van der Waals surface area contributed by atoms with Gasteiger partial charge in [0.1, 0.15) is 6.04 Å². The highest BCUT2D eigenvalue weighted by Gasteiger charge is 2.50. The molecule has 160 valence electrons. The molecule has 4 aliphatic carbocycles. The van der Waals surface area contributed by atoms with Gasteiger partial charge in [-0.05, 0) is 74.0 Å². The summed E-state index contributed by atoms with van der Waals surface area (Å²) >= 11 is 6.20. The van der Waals surface area contributed by atoms with Crippen LogP contribution in [0.5, 0.6) is 0 Å². The molecule has 0 spiro atoms. The van der Waals surface area contributed by atoms with Crippen LogP contribution in [0.1, 0.15) is 43.7 Å². The fourth-order valence-electron chi connectivity index (χ4n) is 7.61. The number of rotatable bonds is 4. The van der Waals surface area contributed by atoms with E-state index in [-0.39, 0.29) is 0 Å². The van der Waals surface area contributed by atoms with E-state index in [2.05, 4.69) is 14.8 Å². The number of piperazine rings is 1. The molecule has 5 nitrogen and oxygen atoms in total. The summed E-state index contributed by atoms with van der Waals surface area (Å²) < 4.78 is 0. The van der Waals surface area contributed by atoms with Crippen LogP contribution in [0.25, 0.3) is 10.9 Å². The van der Waals surface area contributed by atoms with E-state index in [9.17, 15) is 9.90 Å². The molecule has 6 heteroatoms. The van der Waals surface area contributed by atoms with Crippen LogP contribution in [0.4, 0.5) is 0 Å². The van der Waals surface area contributed by atoms with Crippen molar-refractivity contribution in [3.8, 4) is 0 Å². The Morgan fingerprint density at radius 1 is 1.03 bits per heavy atom. The zero-order chi connectivity index (χ0) is 20.4. The van der Waals surface area contributed by atoms with Gasteiger partial charge in [-0.2, -0.15) is 0 Å². The number of aromatic nitrogens is 1. The molecule has 0 amide bonds. The van der Waals surface area contributed by atoms with E-state index >= 15 is 0 Å². The number of nitrogens with zero attached hydrogens (tertiary/aromatic N) is 2. The maximum Gasteiger partial charge on any atom is 0.325 e. The standard InChI is InChI=1S/C24H30ClN3O2/c25-18-1-2-21-19(12-18)20(13-26-21)23(24(29)30)28-5-3-27(4-6-28)22-16-8-14-7-15(10-16)11-17(22)9-14/h1-2,12-17,22-23,26H,3-11H2,(H,29,30). The van der Waals surface area contributed by atoms with Crippen molar-refractivity contribution in [3.63, 3.8) is 0 Å². The predicted octanol–water partition coefficient (Wildman–Crippen LogP) is 4.39. The summed E-state index contributed by atoms with van der Waals surface area (Å²) in [5.74, 6) is 2.99. The molecule has 2 N–H and O–H groups in total. The van der Waals surface area contributed by atoms with Crippen LogP contribution in [0.2, 0.25) is 5.02 Å². The molecule has 2 aromatic rings. The second-order valence-electron chi connectivity index (χ2n) is 10.2. The van der Waals surface area contributed by atoms with Gasteiger partial charge in [0, 0.05) is 59.9 Å². The second kappa shape index (κ2) is 7.25. The first-order valence-electron chi connectivity index (χ1n) is 11.5. The Balaban J connectivity index is 1.20. The minimum absolute atomic E-state index is 0.627. The Morgan fingerprint density at radius 3 is 2.33 bits per heavy atom. The Kier molecular flexibility index (Phi) is 4.63. The third-order valence-corrected chi connectivity index (χ3v) is 8.75. The fraction of sp³-hybridized carbons (Fsp3) is 0.625. The third-order valence-electron chi connectivity index (χ3n) is 8.52. The monoisotopic (exact) mass is 427 g/mol. The molecule has 1 aromatic heterocycles. The summed E-state index contributed by atoms with van der Waals surface area (Å²) in [5, 5.41) is 11.7. The van der Waals surface area contributed by atoms with Crippen LogP contribution < -0.4 is 0 Å². The van der Waals surface area contributed by atoms with E-state index in [1.54, 1.807) is 0 Å². The van der Waals surface area contributed by atoms with Crippen molar-refractivity contribution in [1.29, 1.82) is 0 Å². The van der Waals surface area contributed by atoms with Gasteiger partial charge in [-0.15, -0.1) is 0 Å². The molecular weight excluding hydrogens is 398 g/mol. The van der Waals surface area contributed by atoms with Gasteiger partial charge < -0.3 is 10.1 Å². The maximum absolute atomic E-state index is 12.3. The number of carboxylic acid groups (broad SMARTS) is 1. The summed E-state index contributed by atoms with van der Waals surface area (Å²) in [6, 6.07) is 5.75. The van der Waals surface area contributed by atoms with Crippen molar-refractivity contribution in [2.24, 2.45) is 23.7 Å². The van der Waals surface area contributed by atoms with Crippen molar-refractivity contribution in [3.05, 3.63) is 35.0 Å². The summed E-state index contributed by atoms with van der Waals surface area (Å²) in [6.45, 7) is 3.60. The first-order valence-corrected chi connectivity index (χ1v) is 11.9. The van der Waals surface area contributed by atoms with Gasteiger partial charge in [0.2, 0.25) is 0 Å². The molecule has 1 atom stereocenters. The number of hydrogen-bond acceptors (Lipinski definition) is 3. The number of fused-ring (bicyclic) bond motifs is 1. The van der Waals surface area contributed by atoms with Gasteiger partial charge in [-0.1, -0.05) is 11.6 Å². The molecule has 4 bridgehead atoms. The molecule has 7 rings (SSSR count). The molecule has 1 saturated heterocycles. The highest BCUT2D eigenvalue weighted by molar-refractivity contribution is 6.31. The van der Waals surface area contributed by atoms with Crippen LogP contribution in [0.15, 0.2) is 24.4 Å². The minimum atomic E-state index is -0.779. The van der Waals surface area contributed by atoms with E-state index in [0.717, 1.165) is 72.4 Å². The Labute approximate surface area is 182 Å². The van der Waals surface area contributed by atoms with E-state index < -0.39 is 12.0 Å². The zero-order valence-corrected chi connectivity index (χ0v) is 18.0. The molecule has 1 aromatic carbocycles. The number of halogens is 1. The summed E-state index contributed by atoms with van der Waals surface area (Å²) in [4.78, 5) is 20.4. The van der Waals surface area contributed by atoms with Crippen molar-refractivity contribution < 1.29 is 9.90 Å². The first kappa shape index (κ1) is 19.1. The van der Waals surface area contributed by atoms with Gasteiger partial charge in [0.05, 0.1) is 0 Å². The zero-order valence-electron chi connectivity index (χ0n) is 17.3. The van der Waals surface area contributed by atoms with E-state index in [1.807, 2.05) is 24.4 Å². The molecule has 4 saturated carbocycles. The van der Waals surface area contributed by atoms with Gasteiger partial charge in [0.25, 0.3) is 0 Å². The number of aliphatic carboxylic acids is 1. The molecule has 5 aliphatic rings. The number of hydrogen-bond donors (Lipinski definition) is 2. The van der Waals surface area contributed by atoms with Crippen molar-refractivity contribution in [2.45, 2.75) is 44.2 Å². The van der Waals surface area contributed by atoms with Gasteiger partial charge >= 0.3 is 5.97 Å². The molecule has 1 unspecified atom stereocenters. The summed E-state index contributed by atoms with van der Waals surface area (Å²) in [5.41, 5.74) is 1.76. The second-order valence-corrected chi connectivity index (χ2v) is 10.6. The van der Waals surface area contributed by atoms with Crippen LogP contribution in [-0.2, 0) is 4.79 Å². The molecule has 30 heavy (non-hydrogen) atoms. The maximum atomic E-state index is 12.3. The highest BCUT2D eigenvalue weighted by atomic mass is 35.5. The molecule has 1 aliphatic heterocycles. The van der Waals surface area contributed by atoms with E-state index in [4.69, 9.17) is 11.6 Å². The van der Waals surface area contributed by atoms with Crippen molar-refractivity contribution >= 4 is 28.5 Å². The largest absolute Gasteiger partial charge is 0.480 e. The lowest BCUT2D eigenvalue weighted by molar-refractivity contribution is -0.145. The predicted molar refractivity (Wildman–Crippen MR) is 118 cm³/mol. The number of carboxylic acids is 1. The van der Waals surface area contributed by atoms with Crippen LogP contribution in [0.3, 0.4) is 0 Å². The highest BCUT2D eigenvalue weighted by Crippen LogP contribution is 2.55. The van der Waals surface area contributed by atoms with Gasteiger partial charge in [-0.25, -0.2) is 0 Å². The first-order chi connectivity index (χ1) is 14.6. The normalized spacial score (nSPS) is 35.2. The summed E-state index contributed by atoms with van der Waals surface area (Å²) in [6.07, 6.45) is 9.08. The Morgan fingerprint density at radius 2 is 1.70 bits per heavy atom. The topological polar surface area (TPSA) is 59.6 Å². The van der Waals surface area contributed by atoms with Crippen LogP contribution in [0, 0.1) is 23.7 Å². The van der Waals surface area contributed by atoms with Crippen molar-refractivity contribution in [2.75, 3.05) is 26.2 Å². The fourth-order valence-corrected chi connectivity index (χ4v) is 7.79. The molecule has 5 fully saturated rings. The smallest absolute Gasteiger partial charge is 0.325 e.